The molecule has 0 radical (unpaired) electrons. The smallest absolute Gasteiger partial charge is 0.222 e. The molecule has 4 fully saturated rings. The van der Waals surface area contributed by atoms with Crippen molar-refractivity contribution < 1.29 is 9.90 Å². The van der Waals surface area contributed by atoms with Crippen molar-refractivity contribution in [3.05, 3.63) is 24.2 Å². The molecule has 210 valence electrons. The summed E-state index contributed by atoms with van der Waals surface area (Å²) < 4.78 is 2.06. The van der Waals surface area contributed by atoms with Crippen LogP contribution in [-0.2, 0) is 11.8 Å². The molecular formula is C32H50N4O2. The summed E-state index contributed by atoms with van der Waals surface area (Å²) in [5, 5.41) is 10.3. The van der Waals surface area contributed by atoms with Gasteiger partial charge in [0.1, 0.15) is 5.82 Å². The topological polar surface area (TPSA) is 61.6 Å². The minimum absolute atomic E-state index is 0.121. The number of carbonyl (C=O) groups is 1. The Balaban J connectivity index is 1.05. The number of amides is 1. The van der Waals surface area contributed by atoms with Gasteiger partial charge in [-0.3, -0.25) is 4.79 Å². The number of piperazine rings is 1. The highest BCUT2D eigenvalue weighted by Crippen LogP contribution is 2.67. The second-order valence-corrected chi connectivity index (χ2v) is 14.1. The lowest BCUT2D eigenvalue weighted by Crippen LogP contribution is -2.51. The molecule has 6 rings (SSSR count). The van der Waals surface area contributed by atoms with Crippen molar-refractivity contribution in [1.82, 2.24) is 14.5 Å². The zero-order chi connectivity index (χ0) is 26.7. The fourth-order valence-corrected chi connectivity index (χ4v) is 10.2. The van der Waals surface area contributed by atoms with E-state index in [0.717, 1.165) is 74.9 Å². The number of anilines is 1. The first-order chi connectivity index (χ1) is 18.2. The molecule has 1 aliphatic heterocycles. The summed E-state index contributed by atoms with van der Waals surface area (Å²) in [7, 11) is 2.03. The van der Waals surface area contributed by atoms with Crippen molar-refractivity contribution in [2.75, 3.05) is 31.1 Å². The molecule has 1 amide bonds. The van der Waals surface area contributed by atoms with Crippen LogP contribution in [0.15, 0.2) is 24.2 Å². The number of carbonyl (C=O) groups excluding carboxylic acids is 1. The number of hydrogen-bond acceptors (Lipinski definition) is 4. The maximum Gasteiger partial charge on any atom is 0.222 e. The highest BCUT2D eigenvalue weighted by molar-refractivity contribution is 5.76. The summed E-state index contributed by atoms with van der Waals surface area (Å²) in [5.74, 6) is 5.28. The minimum atomic E-state index is -0.121. The van der Waals surface area contributed by atoms with Crippen molar-refractivity contribution in [3.63, 3.8) is 0 Å². The summed E-state index contributed by atoms with van der Waals surface area (Å²) in [6, 6.07) is 0. The molecule has 38 heavy (non-hydrogen) atoms. The fraction of sp³-hybridized carbons (Fsp3) is 0.812. The summed E-state index contributed by atoms with van der Waals surface area (Å²) in [4.78, 5) is 21.9. The minimum Gasteiger partial charge on any atom is -0.393 e. The van der Waals surface area contributed by atoms with E-state index in [2.05, 4.69) is 46.2 Å². The molecule has 0 unspecified atom stereocenters. The Morgan fingerprint density at radius 2 is 1.89 bits per heavy atom. The second kappa shape index (κ2) is 9.98. The molecule has 1 aromatic heterocycles. The largest absolute Gasteiger partial charge is 0.393 e. The normalized spacial score (nSPS) is 39.7. The van der Waals surface area contributed by atoms with Crippen LogP contribution in [0.2, 0.25) is 0 Å². The van der Waals surface area contributed by atoms with Gasteiger partial charge >= 0.3 is 0 Å². The maximum atomic E-state index is 13.2. The number of aliphatic hydroxyl groups excluding tert-OH is 1. The Bertz CT molecular complexity index is 1060. The van der Waals surface area contributed by atoms with Gasteiger partial charge in [-0.15, -0.1) is 0 Å². The molecule has 4 aliphatic carbocycles. The lowest BCUT2D eigenvalue weighted by molar-refractivity contribution is -0.132. The Hall–Kier alpha value is -1.82. The number of nitrogens with zero attached hydrogens (tertiary/aromatic N) is 4. The van der Waals surface area contributed by atoms with Crippen LogP contribution in [0.1, 0.15) is 85.0 Å². The van der Waals surface area contributed by atoms with E-state index >= 15 is 0 Å². The molecule has 8 atom stereocenters. The van der Waals surface area contributed by atoms with E-state index < -0.39 is 0 Å². The predicted octanol–water partition coefficient (Wildman–Crippen LogP) is 5.42. The van der Waals surface area contributed by atoms with E-state index in [-0.39, 0.29) is 6.10 Å². The number of rotatable bonds is 5. The number of fused-ring (bicyclic) bond motifs is 5. The average Bonchev–Trinajstić information content (AvgIpc) is 3.50. The molecule has 1 aromatic rings. The summed E-state index contributed by atoms with van der Waals surface area (Å²) in [5.41, 5.74) is 2.32. The van der Waals surface area contributed by atoms with E-state index in [9.17, 15) is 9.90 Å². The number of allylic oxidation sites excluding steroid dienone is 1. The fourth-order valence-electron chi connectivity index (χ4n) is 10.2. The lowest BCUT2D eigenvalue weighted by Gasteiger charge is -2.58. The van der Waals surface area contributed by atoms with Gasteiger partial charge in [-0.2, -0.15) is 0 Å². The lowest BCUT2D eigenvalue weighted by atomic mass is 9.47. The van der Waals surface area contributed by atoms with Gasteiger partial charge in [0.25, 0.3) is 0 Å². The third kappa shape index (κ3) is 4.33. The Kier molecular flexibility index (Phi) is 6.93. The molecule has 2 heterocycles. The maximum absolute atomic E-state index is 13.2. The predicted molar refractivity (Wildman–Crippen MR) is 152 cm³/mol. The van der Waals surface area contributed by atoms with Gasteiger partial charge in [0, 0.05) is 39.6 Å². The van der Waals surface area contributed by atoms with Crippen molar-refractivity contribution >= 4 is 11.7 Å². The van der Waals surface area contributed by atoms with Gasteiger partial charge in [0.15, 0.2) is 0 Å². The van der Waals surface area contributed by atoms with Gasteiger partial charge in [0.05, 0.1) is 18.6 Å². The summed E-state index contributed by atoms with van der Waals surface area (Å²) >= 11 is 0. The number of aryl methyl sites for hydroxylation is 1. The zero-order valence-corrected chi connectivity index (χ0v) is 24.2. The van der Waals surface area contributed by atoms with E-state index in [1.54, 1.807) is 5.57 Å². The van der Waals surface area contributed by atoms with Crippen LogP contribution in [0.25, 0.3) is 0 Å². The quantitative estimate of drug-likeness (QED) is 0.524. The van der Waals surface area contributed by atoms with Crippen LogP contribution in [-0.4, -0.2) is 57.7 Å². The summed E-state index contributed by atoms with van der Waals surface area (Å²) in [6.45, 7) is 11.0. The molecule has 6 heteroatoms. The SMILES string of the molecule is C[C@H](CCC(=O)N1CCN(c2cncn2C)CC1)[C@H]1CC[C@H]2[C@@H]3CC=C4C[C@@H](O)CC[C@]4(C)[C@H]3CC[C@]12C. The van der Waals surface area contributed by atoms with Crippen LogP contribution < -0.4 is 4.90 Å². The van der Waals surface area contributed by atoms with Gasteiger partial charge < -0.3 is 19.5 Å². The van der Waals surface area contributed by atoms with Crippen molar-refractivity contribution in [2.24, 2.45) is 47.5 Å². The van der Waals surface area contributed by atoms with Crippen LogP contribution in [0.4, 0.5) is 5.82 Å². The van der Waals surface area contributed by atoms with Crippen molar-refractivity contribution in [3.8, 4) is 0 Å². The van der Waals surface area contributed by atoms with Gasteiger partial charge in [-0.1, -0.05) is 32.4 Å². The Morgan fingerprint density at radius 1 is 1.11 bits per heavy atom. The van der Waals surface area contributed by atoms with Gasteiger partial charge in [-0.25, -0.2) is 4.98 Å². The second-order valence-electron chi connectivity index (χ2n) is 14.1. The highest BCUT2D eigenvalue weighted by Gasteiger charge is 2.59. The van der Waals surface area contributed by atoms with Crippen LogP contribution in [0, 0.1) is 40.4 Å². The van der Waals surface area contributed by atoms with E-state index in [4.69, 9.17) is 0 Å². The number of aromatic nitrogens is 2. The number of hydrogen-bond donors (Lipinski definition) is 1. The monoisotopic (exact) mass is 522 g/mol. The van der Waals surface area contributed by atoms with Gasteiger partial charge in [-0.05, 0) is 98.2 Å². The standard InChI is InChI=1S/C32H50N4O2/c1-22(5-10-30(38)36-17-15-35(16-18-36)29-20-33-21-34(29)4)26-8-9-27-25-7-6-23-19-24(37)11-13-31(23,2)28(25)12-14-32(26,27)3/h6,20-22,24-28,37H,5,7-19H2,1-4H3/t22-,24+,25+,26-,27+,28+,31+,32-/m1/s1. The molecular weight excluding hydrogens is 472 g/mol. The van der Waals surface area contributed by atoms with Crippen molar-refractivity contribution in [1.29, 1.82) is 0 Å². The Labute approximate surface area is 229 Å². The van der Waals surface area contributed by atoms with Crippen LogP contribution in [0.5, 0.6) is 0 Å². The van der Waals surface area contributed by atoms with Gasteiger partial charge in [0.2, 0.25) is 5.91 Å². The molecule has 6 nitrogen and oxygen atoms in total. The van der Waals surface area contributed by atoms with Crippen LogP contribution in [0.3, 0.4) is 0 Å². The molecule has 0 aromatic carbocycles. The first kappa shape index (κ1) is 26.4. The first-order valence-electron chi connectivity index (χ1n) is 15.6. The number of aliphatic hydroxyl groups is 1. The molecule has 3 saturated carbocycles. The highest BCUT2D eigenvalue weighted by atomic mass is 16.3. The summed E-state index contributed by atoms with van der Waals surface area (Å²) in [6.07, 6.45) is 17.6. The molecule has 0 bridgehead atoms. The average molecular weight is 523 g/mol. The molecule has 0 spiro atoms. The molecule has 5 aliphatic rings. The van der Waals surface area contributed by atoms with E-state index in [1.165, 1.54) is 38.5 Å². The third-order valence-corrected chi connectivity index (χ3v) is 12.4. The van der Waals surface area contributed by atoms with Crippen molar-refractivity contribution in [2.45, 2.75) is 91.1 Å². The molecule has 1 N–H and O–H groups in total. The third-order valence-electron chi connectivity index (χ3n) is 12.4. The zero-order valence-electron chi connectivity index (χ0n) is 24.2. The van der Waals surface area contributed by atoms with E-state index in [1.807, 2.05) is 19.6 Å². The number of imidazole rings is 1. The van der Waals surface area contributed by atoms with E-state index in [0.29, 0.717) is 29.1 Å². The first-order valence-corrected chi connectivity index (χ1v) is 15.6. The van der Waals surface area contributed by atoms with Crippen LogP contribution >= 0.6 is 0 Å². The molecule has 1 saturated heterocycles. The Morgan fingerprint density at radius 3 is 2.63 bits per heavy atom.